The number of hydrogen-bond acceptors (Lipinski definition) is 2. The number of carbonyl (C=O) groups is 2. The predicted molar refractivity (Wildman–Crippen MR) is 91.1 cm³/mol. The van der Waals surface area contributed by atoms with Crippen molar-refractivity contribution >= 4 is 11.8 Å². The van der Waals surface area contributed by atoms with Crippen molar-refractivity contribution in [3.63, 3.8) is 0 Å². The average molecular weight is 346 g/mol. The fraction of sp³-hybridized carbons (Fsp3) is 0.263. The summed E-state index contributed by atoms with van der Waals surface area (Å²) < 4.78 is 26.5. The first kappa shape index (κ1) is 18.6. The van der Waals surface area contributed by atoms with E-state index >= 15 is 0 Å². The highest BCUT2D eigenvalue weighted by Gasteiger charge is 2.14. The summed E-state index contributed by atoms with van der Waals surface area (Å²) in [6.45, 7) is 3.56. The summed E-state index contributed by atoms with van der Waals surface area (Å²) in [6.07, 6.45) is 0. The lowest BCUT2D eigenvalue weighted by molar-refractivity contribution is -0.129. The van der Waals surface area contributed by atoms with Gasteiger partial charge in [0.25, 0.3) is 5.91 Å². The maximum atomic E-state index is 13.6. The summed E-state index contributed by atoms with van der Waals surface area (Å²) in [7, 11) is 1.49. The number of rotatable bonds is 5. The lowest BCUT2D eigenvalue weighted by Gasteiger charge is -2.18. The standard InChI is InChI=1S/C19H20F2N2O2/c1-12-6-13(2)8-15(7-12)19(25)22-10-18(24)23(3)11-14-4-5-16(20)9-17(14)21/h4-9H,10-11H2,1-3H3,(H,22,25). The molecule has 0 atom stereocenters. The van der Waals surface area contributed by atoms with Crippen molar-refractivity contribution in [1.29, 1.82) is 0 Å². The zero-order valence-electron chi connectivity index (χ0n) is 14.4. The molecule has 0 saturated heterocycles. The number of aryl methyl sites for hydroxylation is 2. The van der Waals surface area contributed by atoms with Crippen LogP contribution in [-0.2, 0) is 11.3 Å². The van der Waals surface area contributed by atoms with Crippen LogP contribution in [-0.4, -0.2) is 30.3 Å². The fourth-order valence-electron chi connectivity index (χ4n) is 2.49. The molecule has 0 unspecified atom stereocenters. The molecule has 0 aliphatic rings. The first-order valence-corrected chi connectivity index (χ1v) is 7.80. The molecule has 0 radical (unpaired) electrons. The number of carbonyl (C=O) groups excluding carboxylic acids is 2. The van der Waals surface area contributed by atoms with Gasteiger partial charge in [0.1, 0.15) is 11.6 Å². The normalized spacial score (nSPS) is 10.4. The molecule has 0 bridgehead atoms. The van der Waals surface area contributed by atoms with Gasteiger partial charge in [-0.1, -0.05) is 23.3 Å². The maximum absolute atomic E-state index is 13.6. The van der Waals surface area contributed by atoms with Crippen molar-refractivity contribution in [3.8, 4) is 0 Å². The molecule has 0 aliphatic carbocycles. The van der Waals surface area contributed by atoms with E-state index in [-0.39, 0.29) is 30.5 Å². The molecule has 2 amide bonds. The van der Waals surface area contributed by atoms with E-state index < -0.39 is 11.6 Å². The molecule has 4 nitrogen and oxygen atoms in total. The van der Waals surface area contributed by atoms with Gasteiger partial charge in [-0.25, -0.2) is 8.78 Å². The lowest BCUT2D eigenvalue weighted by atomic mass is 10.1. The van der Waals surface area contributed by atoms with Gasteiger partial charge in [-0.05, 0) is 32.0 Å². The van der Waals surface area contributed by atoms with Gasteiger partial charge in [0.15, 0.2) is 0 Å². The summed E-state index contributed by atoms with van der Waals surface area (Å²) in [5, 5.41) is 2.56. The van der Waals surface area contributed by atoms with E-state index in [1.807, 2.05) is 19.9 Å². The molecule has 2 aromatic rings. The number of amides is 2. The molecule has 0 spiro atoms. The number of benzene rings is 2. The quantitative estimate of drug-likeness (QED) is 0.905. The third kappa shape index (κ3) is 5.11. The molecule has 132 valence electrons. The van der Waals surface area contributed by atoms with E-state index in [0.29, 0.717) is 5.56 Å². The largest absolute Gasteiger partial charge is 0.343 e. The van der Waals surface area contributed by atoms with Crippen molar-refractivity contribution in [2.24, 2.45) is 0 Å². The predicted octanol–water partition coefficient (Wildman–Crippen LogP) is 2.97. The Morgan fingerprint density at radius 1 is 1.04 bits per heavy atom. The smallest absolute Gasteiger partial charge is 0.251 e. The van der Waals surface area contributed by atoms with Gasteiger partial charge < -0.3 is 10.2 Å². The highest BCUT2D eigenvalue weighted by Crippen LogP contribution is 2.12. The molecule has 0 heterocycles. The Morgan fingerprint density at radius 3 is 2.28 bits per heavy atom. The lowest BCUT2D eigenvalue weighted by Crippen LogP contribution is -2.38. The summed E-state index contributed by atoms with van der Waals surface area (Å²) in [5.74, 6) is -2.10. The minimum atomic E-state index is -0.709. The number of likely N-dealkylation sites (N-methyl/N-ethyl adjacent to an activating group) is 1. The Hall–Kier alpha value is -2.76. The first-order valence-electron chi connectivity index (χ1n) is 7.80. The van der Waals surface area contributed by atoms with E-state index in [0.717, 1.165) is 23.3 Å². The second-order valence-electron chi connectivity index (χ2n) is 6.04. The molecular formula is C19H20F2N2O2. The van der Waals surface area contributed by atoms with Crippen molar-refractivity contribution < 1.29 is 18.4 Å². The molecule has 6 heteroatoms. The van der Waals surface area contributed by atoms with Crippen LogP contribution in [0.2, 0.25) is 0 Å². The molecular weight excluding hydrogens is 326 g/mol. The molecule has 0 aromatic heterocycles. The minimum Gasteiger partial charge on any atom is -0.343 e. The van der Waals surface area contributed by atoms with E-state index in [1.165, 1.54) is 18.0 Å². The minimum absolute atomic E-state index is 0.00955. The van der Waals surface area contributed by atoms with Crippen molar-refractivity contribution in [3.05, 3.63) is 70.3 Å². The molecule has 0 aliphatic heterocycles. The first-order chi connectivity index (χ1) is 11.8. The van der Waals surface area contributed by atoms with Gasteiger partial charge in [-0.15, -0.1) is 0 Å². The van der Waals surface area contributed by atoms with Crippen molar-refractivity contribution in [2.75, 3.05) is 13.6 Å². The summed E-state index contributed by atoms with van der Waals surface area (Å²) in [4.78, 5) is 25.5. The molecule has 0 saturated carbocycles. The van der Waals surface area contributed by atoms with Gasteiger partial charge in [0.05, 0.1) is 6.54 Å². The number of nitrogens with one attached hydrogen (secondary N) is 1. The number of nitrogens with zero attached hydrogens (tertiary/aromatic N) is 1. The third-order valence-corrected chi connectivity index (χ3v) is 3.73. The SMILES string of the molecule is Cc1cc(C)cc(C(=O)NCC(=O)N(C)Cc2ccc(F)cc2F)c1. The fourth-order valence-corrected chi connectivity index (χ4v) is 2.49. The van der Waals surface area contributed by atoms with Crippen LogP contribution in [0.3, 0.4) is 0 Å². The van der Waals surface area contributed by atoms with Gasteiger partial charge in [-0.3, -0.25) is 9.59 Å². The Balaban J connectivity index is 1.93. The van der Waals surface area contributed by atoms with Crippen LogP contribution in [0.4, 0.5) is 8.78 Å². The second-order valence-corrected chi connectivity index (χ2v) is 6.04. The number of halogens is 2. The monoisotopic (exact) mass is 346 g/mol. The summed E-state index contributed by atoms with van der Waals surface area (Å²) in [6, 6.07) is 8.64. The van der Waals surface area contributed by atoms with Crippen LogP contribution in [0.1, 0.15) is 27.0 Å². The zero-order valence-corrected chi connectivity index (χ0v) is 14.4. The Labute approximate surface area is 145 Å². The molecule has 1 N–H and O–H groups in total. The second kappa shape index (κ2) is 7.88. The van der Waals surface area contributed by atoms with Gasteiger partial charge in [0, 0.05) is 30.8 Å². The summed E-state index contributed by atoms with van der Waals surface area (Å²) >= 11 is 0. The van der Waals surface area contributed by atoms with Gasteiger partial charge in [0.2, 0.25) is 5.91 Å². The van der Waals surface area contributed by atoms with E-state index in [4.69, 9.17) is 0 Å². The van der Waals surface area contributed by atoms with E-state index in [1.54, 1.807) is 12.1 Å². The zero-order chi connectivity index (χ0) is 18.6. The molecule has 25 heavy (non-hydrogen) atoms. The van der Waals surface area contributed by atoms with E-state index in [2.05, 4.69) is 5.32 Å². The molecule has 2 aromatic carbocycles. The van der Waals surface area contributed by atoms with Crippen LogP contribution in [0.5, 0.6) is 0 Å². The van der Waals surface area contributed by atoms with Crippen LogP contribution in [0.15, 0.2) is 36.4 Å². The Kier molecular flexibility index (Phi) is 5.85. The maximum Gasteiger partial charge on any atom is 0.251 e. The van der Waals surface area contributed by atoms with Crippen LogP contribution < -0.4 is 5.32 Å². The van der Waals surface area contributed by atoms with Crippen LogP contribution in [0.25, 0.3) is 0 Å². The van der Waals surface area contributed by atoms with Gasteiger partial charge >= 0.3 is 0 Å². The highest BCUT2D eigenvalue weighted by atomic mass is 19.1. The van der Waals surface area contributed by atoms with Crippen molar-refractivity contribution in [2.45, 2.75) is 20.4 Å². The third-order valence-electron chi connectivity index (χ3n) is 3.73. The Morgan fingerprint density at radius 2 is 1.68 bits per heavy atom. The van der Waals surface area contributed by atoms with Crippen LogP contribution >= 0.6 is 0 Å². The van der Waals surface area contributed by atoms with Crippen molar-refractivity contribution in [1.82, 2.24) is 10.2 Å². The highest BCUT2D eigenvalue weighted by molar-refractivity contribution is 5.96. The molecule has 0 fully saturated rings. The number of hydrogen-bond donors (Lipinski definition) is 1. The summed E-state index contributed by atoms with van der Waals surface area (Å²) in [5.41, 5.74) is 2.61. The average Bonchev–Trinajstić information content (AvgIpc) is 2.53. The van der Waals surface area contributed by atoms with Crippen LogP contribution in [0, 0.1) is 25.5 Å². The van der Waals surface area contributed by atoms with Gasteiger partial charge in [-0.2, -0.15) is 0 Å². The molecule has 2 rings (SSSR count). The van der Waals surface area contributed by atoms with E-state index in [9.17, 15) is 18.4 Å². The topological polar surface area (TPSA) is 49.4 Å². The Bertz CT molecular complexity index is 786.